The van der Waals surface area contributed by atoms with Crippen molar-refractivity contribution in [3.05, 3.63) is 41.0 Å². The first-order valence-corrected chi connectivity index (χ1v) is 7.81. The lowest BCUT2D eigenvalue weighted by molar-refractivity contribution is -0.190. The average molecular weight is 330 g/mol. The number of ether oxygens (including phenoxy) is 3. The van der Waals surface area contributed by atoms with E-state index in [9.17, 15) is 14.7 Å². The van der Waals surface area contributed by atoms with Crippen LogP contribution in [0.5, 0.6) is 5.75 Å². The van der Waals surface area contributed by atoms with Crippen LogP contribution >= 0.6 is 0 Å². The van der Waals surface area contributed by atoms with Gasteiger partial charge in [-0.1, -0.05) is 6.07 Å². The molecule has 2 heterocycles. The Labute approximate surface area is 139 Å². The summed E-state index contributed by atoms with van der Waals surface area (Å²) in [5.74, 6) is -1.59. The molecule has 2 aliphatic carbocycles. The minimum Gasteiger partial charge on any atom is -0.497 e. The largest absolute Gasteiger partial charge is 0.497 e. The van der Waals surface area contributed by atoms with Crippen LogP contribution in [0.4, 0.5) is 0 Å². The highest BCUT2D eigenvalue weighted by Crippen LogP contribution is 2.64. The number of rotatable bonds is 2. The summed E-state index contributed by atoms with van der Waals surface area (Å²) in [6.45, 7) is 1.74. The van der Waals surface area contributed by atoms with Crippen LogP contribution in [0.15, 0.2) is 29.8 Å². The molecule has 1 fully saturated rings. The molecule has 1 N–H and O–H groups in total. The lowest BCUT2D eigenvalue weighted by Crippen LogP contribution is -2.59. The van der Waals surface area contributed by atoms with Gasteiger partial charge in [0.1, 0.15) is 11.9 Å². The number of carbonyl (C=O) groups excluding carboxylic acids is 2. The number of hydrogen-bond donors (Lipinski definition) is 1. The van der Waals surface area contributed by atoms with Gasteiger partial charge in [-0.05, 0) is 41.8 Å². The van der Waals surface area contributed by atoms with Crippen LogP contribution in [-0.4, -0.2) is 37.4 Å². The molecular weight excluding hydrogens is 312 g/mol. The molecule has 4 aliphatic rings. The second kappa shape index (κ2) is 4.83. The topological polar surface area (TPSA) is 82.1 Å². The van der Waals surface area contributed by atoms with Crippen molar-refractivity contribution in [1.82, 2.24) is 0 Å². The van der Waals surface area contributed by atoms with Crippen molar-refractivity contribution >= 4 is 11.9 Å². The van der Waals surface area contributed by atoms with E-state index in [-0.39, 0.29) is 0 Å². The fourth-order valence-electron chi connectivity index (χ4n) is 4.59. The molecule has 1 aromatic carbocycles. The standard InChI is InChI=1S/C18H18O6/c1-8-6-12-13-14(18(8,16(20)23-3)17(21)24-12)11-7-9(22-2)4-5-10(11)15(13)19/h4-7,12-15,19H,1-3H3/t12-,13+,14+,15-,18+/m0/s1. The summed E-state index contributed by atoms with van der Waals surface area (Å²) in [4.78, 5) is 25.4. The lowest BCUT2D eigenvalue weighted by atomic mass is 9.58. The van der Waals surface area contributed by atoms with Crippen LogP contribution in [0, 0.1) is 11.3 Å². The normalized spacial score (nSPS) is 35.7. The molecule has 5 atom stereocenters. The highest BCUT2D eigenvalue weighted by Gasteiger charge is 2.69. The third kappa shape index (κ3) is 1.54. The average Bonchev–Trinajstić information content (AvgIpc) is 2.88. The van der Waals surface area contributed by atoms with Crippen molar-refractivity contribution in [2.45, 2.75) is 25.0 Å². The predicted molar refractivity (Wildman–Crippen MR) is 82.3 cm³/mol. The minimum absolute atomic E-state index is 0.410. The van der Waals surface area contributed by atoms with Crippen molar-refractivity contribution in [1.29, 1.82) is 0 Å². The summed E-state index contributed by atoms with van der Waals surface area (Å²) in [5.41, 5.74) is 0.504. The highest BCUT2D eigenvalue weighted by atomic mass is 16.6. The smallest absolute Gasteiger partial charge is 0.328 e. The van der Waals surface area contributed by atoms with Gasteiger partial charge in [0.15, 0.2) is 5.41 Å². The summed E-state index contributed by atoms with van der Waals surface area (Å²) >= 11 is 0. The summed E-state index contributed by atoms with van der Waals surface area (Å²) in [6.07, 6.45) is 0.385. The Morgan fingerprint density at radius 2 is 2.04 bits per heavy atom. The number of hydrogen-bond acceptors (Lipinski definition) is 6. The molecule has 0 aromatic heterocycles. The van der Waals surface area contributed by atoms with E-state index in [1.807, 2.05) is 0 Å². The van der Waals surface area contributed by atoms with Gasteiger partial charge in [0.25, 0.3) is 0 Å². The van der Waals surface area contributed by atoms with Crippen LogP contribution in [0.2, 0.25) is 0 Å². The number of methoxy groups -OCH3 is 2. The predicted octanol–water partition coefficient (Wildman–Crippen LogP) is 1.49. The van der Waals surface area contributed by atoms with Gasteiger partial charge in [0.2, 0.25) is 0 Å². The van der Waals surface area contributed by atoms with Gasteiger partial charge in [-0.15, -0.1) is 0 Å². The van der Waals surface area contributed by atoms with E-state index in [1.165, 1.54) is 7.11 Å². The van der Waals surface area contributed by atoms with Gasteiger partial charge in [-0.2, -0.15) is 0 Å². The van der Waals surface area contributed by atoms with Gasteiger partial charge < -0.3 is 19.3 Å². The quantitative estimate of drug-likeness (QED) is 0.503. The number of esters is 2. The summed E-state index contributed by atoms with van der Waals surface area (Å²) in [5, 5.41) is 10.8. The van der Waals surface area contributed by atoms with Crippen molar-refractivity contribution < 1.29 is 28.9 Å². The molecule has 1 saturated heterocycles. The van der Waals surface area contributed by atoms with E-state index in [0.717, 1.165) is 5.56 Å². The molecule has 6 heteroatoms. The van der Waals surface area contributed by atoms with E-state index in [1.54, 1.807) is 38.3 Å². The Kier molecular flexibility index (Phi) is 3.06. The molecule has 1 aromatic rings. The van der Waals surface area contributed by atoms with E-state index in [2.05, 4.69) is 0 Å². The van der Waals surface area contributed by atoms with Crippen molar-refractivity contribution in [2.75, 3.05) is 14.2 Å². The number of fused-ring (bicyclic) bond motifs is 2. The summed E-state index contributed by atoms with van der Waals surface area (Å²) in [6, 6.07) is 5.33. The third-order valence-electron chi connectivity index (χ3n) is 5.65. The Morgan fingerprint density at radius 1 is 1.29 bits per heavy atom. The van der Waals surface area contributed by atoms with Gasteiger partial charge in [-0.25, -0.2) is 0 Å². The minimum atomic E-state index is -1.55. The van der Waals surface area contributed by atoms with Crippen LogP contribution in [0.3, 0.4) is 0 Å². The van der Waals surface area contributed by atoms with E-state index in [4.69, 9.17) is 14.2 Å². The first-order chi connectivity index (χ1) is 11.5. The molecule has 0 unspecified atom stereocenters. The zero-order valence-corrected chi connectivity index (χ0v) is 13.6. The maximum atomic E-state index is 12.7. The molecule has 6 nitrogen and oxygen atoms in total. The van der Waals surface area contributed by atoms with Crippen LogP contribution in [0.25, 0.3) is 0 Å². The number of aliphatic hydroxyl groups excluding tert-OH is 1. The van der Waals surface area contributed by atoms with E-state index >= 15 is 0 Å². The zero-order chi connectivity index (χ0) is 17.2. The third-order valence-corrected chi connectivity index (χ3v) is 5.65. The second-order valence-electron chi connectivity index (χ2n) is 6.51. The summed E-state index contributed by atoms with van der Waals surface area (Å²) in [7, 11) is 2.80. The molecule has 0 radical (unpaired) electrons. The molecule has 5 rings (SSSR count). The maximum Gasteiger partial charge on any atom is 0.328 e. The molecule has 0 amide bonds. The van der Waals surface area contributed by atoms with Gasteiger partial charge in [0.05, 0.1) is 20.3 Å². The Hall–Kier alpha value is -2.34. The molecule has 2 bridgehead atoms. The monoisotopic (exact) mass is 330 g/mol. The highest BCUT2D eigenvalue weighted by molar-refractivity contribution is 6.06. The first-order valence-electron chi connectivity index (χ1n) is 7.81. The Morgan fingerprint density at radius 3 is 2.67 bits per heavy atom. The van der Waals surface area contributed by atoms with Crippen molar-refractivity contribution in [3.63, 3.8) is 0 Å². The second-order valence-corrected chi connectivity index (χ2v) is 6.51. The Balaban J connectivity index is 2.00. The molecule has 126 valence electrons. The number of carbonyl (C=O) groups is 2. The number of aliphatic hydroxyl groups is 1. The SMILES string of the molecule is COC(=O)[C@@]12C(=O)O[C@@H](C=C1C)[C@@H]1[C@H]2c2cc(OC)ccc2[C@@H]1O. The number of benzene rings is 1. The fraction of sp³-hybridized carbons (Fsp3) is 0.444. The van der Waals surface area contributed by atoms with E-state index < -0.39 is 41.4 Å². The molecule has 0 saturated carbocycles. The van der Waals surface area contributed by atoms with Gasteiger partial charge >= 0.3 is 11.9 Å². The molecular formula is C18H18O6. The maximum absolute atomic E-state index is 12.7. The zero-order valence-electron chi connectivity index (χ0n) is 13.6. The van der Waals surface area contributed by atoms with Crippen LogP contribution in [0.1, 0.15) is 30.1 Å². The molecule has 2 aliphatic heterocycles. The first kappa shape index (κ1) is 15.2. The van der Waals surface area contributed by atoms with Crippen molar-refractivity contribution in [3.8, 4) is 5.75 Å². The van der Waals surface area contributed by atoms with Crippen LogP contribution < -0.4 is 4.74 Å². The van der Waals surface area contributed by atoms with E-state index in [0.29, 0.717) is 16.9 Å². The van der Waals surface area contributed by atoms with Gasteiger partial charge in [-0.3, -0.25) is 9.59 Å². The van der Waals surface area contributed by atoms with Crippen LogP contribution in [-0.2, 0) is 19.1 Å². The molecule has 0 spiro atoms. The Bertz CT molecular complexity index is 782. The van der Waals surface area contributed by atoms with Gasteiger partial charge in [0, 0.05) is 11.8 Å². The molecule has 24 heavy (non-hydrogen) atoms. The fourth-order valence-corrected chi connectivity index (χ4v) is 4.59. The lowest BCUT2D eigenvalue weighted by Gasteiger charge is -2.49. The van der Waals surface area contributed by atoms with Crippen molar-refractivity contribution in [2.24, 2.45) is 11.3 Å². The summed E-state index contributed by atoms with van der Waals surface area (Å²) < 4.78 is 15.7.